The van der Waals surface area contributed by atoms with E-state index in [9.17, 15) is 9.18 Å². The van der Waals surface area contributed by atoms with E-state index in [0.717, 1.165) is 5.56 Å². The first-order valence-electron chi connectivity index (χ1n) is 7.05. The molecule has 0 atom stereocenters. The molecule has 1 N–H and O–H groups in total. The van der Waals surface area contributed by atoms with E-state index in [1.807, 2.05) is 0 Å². The molecule has 120 valence electrons. The topological polar surface area (TPSA) is 47.6 Å². The van der Waals surface area contributed by atoms with E-state index >= 15 is 0 Å². The number of carbonyl (C=O) groups excluding carboxylic acids is 1. The second-order valence-electron chi connectivity index (χ2n) is 4.79. The Bertz CT molecular complexity index is 713. The smallest absolute Gasteiger partial charge is 0.244 e. The van der Waals surface area contributed by atoms with E-state index in [2.05, 4.69) is 5.32 Å². The molecule has 0 saturated heterocycles. The van der Waals surface area contributed by atoms with Crippen molar-refractivity contribution in [2.45, 2.75) is 6.54 Å². The van der Waals surface area contributed by atoms with Crippen molar-refractivity contribution in [3.8, 4) is 11.5 Å². The average Bonchev–Trinajstić information content (AvgIpc) is 2.58. The van der Waals surface area contributed by atoms with Gasteiger partial charge < -0.3 is 14.8 Å². The van der Waals surface area contributed by atoms with E-state index < -0.39 is 0 Å². The van der Waals surface area contributed by atoms with Crippen molar-refractivity contribution < 1.29 is 18.7 Å². The fourth-order valence-corrected chi connectivity index (χ4v) is 2.02. The zero-order valence-corrected chi connectivity index (χ0v) is 13.0. The number of nitrogens with one attached hydrogen (secondary N) is 1. The minimum absolute atomic E-state index is 0.265. The third-order valence-corrected chi connectivity index (χ3v) is 3.21. The van der Waals surface area contributed by atoms with Crippen LogP contribution in [0.3, 0.4) is 0 Å². The number of ether oxygens (including phenoxy) is 2. The lowest BCUT2D eigenvalue weighted by molar-refractivity contribution is -0.116. The third kappa shape index (κ3) is 4.85. The molecule has 0 spiro atoms. The minimum atomic E-state index is -0.324. The molecule has 5 heteroatoms. The summed E-state index contributed by atoms with van der Waals surface area (Å²) in [7, 11) is 3.13. The second-order valence-corrected chi connectivity index (χ2v) is 4.79. The van der Waals surface area contributed by atoms with E-state index in [1.54, 1.807) is 50.6 Å². The molecule has 0 aliphatic rings. The van der Waals surface area contributed by atoms with Crippen molar-refractivity contribution in [2.24, 2.45) is 0 Å². The number of amides is 1. The molecule has 0 aliphatic heterocycles. The number of halogens is 1. The standard InChI is InChI=1S/C18H18FNO3/c1-22-16-8-6-14(17(11-16)23-2)7-9-18(21)20-12-13-4-3-5-15(19)10-13/h3-11H,12H2,1-2H3,(H,20,21)/b9-7+. The maximum absolute atomic E-state index is 13.1. The van der Waals surface area contributed by atoms with Crippen LogP contribution in [-0.2, 0) is 11.3 Å². The van der Waals surface area contributed by atoms with Crippen molar-refractivity contribution >= 4 is 12.0 Å². The van der Waals surface area contributed by atoms with Gasteiger partial charge >= 0.3 is 0 Å². The Hall–Kier alpha value is -2.82. The van der Waals surface area contributed by atoms with Crippen LogP contribution in [0.1, 0.15) is 11.1 Å². The zero-order chi connectivity index (χ0) is 16.7. The molecule has 0 bridgehead atoms. The monoisotopic (exact) mass is 315 g/mol. The van der Waals surface area contributed by atoms with Gasteiger partial charge in [0.15, 0.2) is 0 Å². The van der Waals surface area contributed by atoms with Crippen LogP contribution in [0.5, 0.6) is 11.5 Å². The Morgan fingerprint density at radius 1 is 1.17 bits per heavy atom. The van der Waals surface area contributed by atoms with Crippen LogP contribution >= 0.6 is 0 Å². The predicted molar refractivity (Wildman–Crippen MR) is 86.8 cm³/mol. The van der Waals surface area contributed by atoms with Crippen LogP contribution in [0.4, 0.5) is 4.39 Å². The van der Waals surface area contributed by atoms with E-state index in [4.69, 9.17) is 9.47 Å². The van der Waals surface area contributed by atoms with Crippen molar-refractivity contribution in [3.05, 3.63) is 65.5 Å². The van der Waals surface area contributed by atoms with Gasteiger partial charge in [0.1, 0.15) is 17.3 Å². The Morgan fingerprint density at radius 3 is 2.70 bits per heavy atom. The molecule has 23 heavy (non-hydrogen) atoms. The molecule has 2 rings (SSSR count). The van der Waals surface area contributed by atoms with Gasteiger partial charge in [0.25, 0.3) is 0 Å². The highest BCUT2D eigenvalue weighted by Gasteiger charge is 2.03. The van der Waals surface area contributed by atoms with Gasteiger partial charge in [-0.15, -0.1) is 0 Å². The number of hydrogen-bond donors (Lipinski definition) is 1. The first kappa shape index (κ1) is 16.5. The highest BCUT2D eigenvalue weighted by Crippen LogP contribution is 2.25. The van der Waals surface area contributed by atoms with Crippen molar-refractivity contribution in [1.29, 1.82) is 0 Å². The molecule has 0 fully saturated rings. The number of rotatable bonds is 6. The summed E-state index contributed by atoms with van der Waals surface area (Å²) in [5.74, 6) is 0.690. The van der Waals surface area contributed by atoms with Crippen LogP contribution in [0.15, 0.2) is 48.5 Å². The van der Waals surface area contributed by atoms with E-state index in [-0.39, 0.29) is 18.3 Å². The normalized spacial score (nSPS) is 10.6. The minimum Gasteiger partial charge on any atom is -0.497 e. The molecule has 0 aromatic heterocycles. The number of benzene rings is 2. The predicted octanol–water partition coefficient (Wildman–Crippen LogP) is 3.17. The number of carbonyl (C=O) groups is 1. The molecule has 0 unspecified atom stereocenters. The Kier molecular flexibility index (Phi) is 5.74. The second kappa shape index (κ2) is 7.98. The van der Waals surface area contributed by atoms with Gasteiger partial charge in [0.05, 0.1) is 14.2 Å². The van der Waals surface area contributed by atoms with Crippen LogP contribution in [0.2, 0.25) is 0 Å². The number of hydrogen-bond acceptors (Lipinski definition) is 3. The molecular formula is C18H18FNO3. The molecule has 1 amide bonds. The summed E-state index contributed by atoms with van der Waals surface area (Å²) >= 11 is 0. The maximum Gasteiger partial charge on any atom is 0.244 e. The molecule has 4 nitrogen and oxygen atoms in total. The zero-order valence-electron chi connectivity index (χ0n) is 13.0. The fourth-order valence-electron chi connectivity index (χ4n) is 2.02. The molecule has 0 heterocycles. The van der Waals surface area contributed by atoms with Gasteiger partial charge in [0.2, 0.25) is 5.91 Å². The van der Waals surface area contributed by atoms with Crippen molar-refractivity contribution in [3.63, 3.8) is 0 Å². The van der Waals surface area contributed by atoms with Gasteiger partial charge in [-0.2, -0.15) is 0 Å². The van der Waals surface area contributed by atoms with E-state index in [1.165, 1.54) is 18.2 Å². The molecule has 0 saturated carbocycles. The van der Waals surface area contributed by atoms with Gasteiger partial charge in [-0.1, -0.05) is 12.1 Å². The summed E-state index contributed by atoms with van der Waals surface area (Å²) in [5.41, 5.74) is 1.46. The van der Waals surface area contributed by atoms with Gasteiger partial charge in [0, 0.05) is 24.3 Å². The molecule has 2 aromatic carbocycles. The van der Waals surface area contributed by atoms with Gasteiger partial charge in [-0.3, -0.25) is 4.79 Å². The summed E-state index contributed by atoms with van der Waals surface area (Å²) in [6, 6.07) is 11.4. The lowest BCUT2D eigenvalue weighted by Gasteiger charge is -2.07. The molecule has 0 aliphatic carbocycles. The maximum atomic E-state index is 13.1. The quantitative estimate of drug-likeness (QED) is 0.833. The largest absolute Gasteiger partial charge is 0.497 e. The lowest BCUT2D eigenvalue weighted by Crippen LogP contribution is -2.20. The molecular weight excluding hydrogens is 297 g/mol. The summed E-state index contributed by atoms with van der Waals surface area (Å²) < 4.78 is 23.4. The molecule has 2 aromatic rings. The van der Waals surface area contributed by atoms with Crippen LogP contribution in [-0.4, -0.2) is 20.1 Å². The third-order valence-electron chi connectivity index (χ3n) is 3.21. The van der Waals surface area contributed by atoms with Crippen LogP contribution in [0.25, 0.3) is 6.08 Å². The highest BCUT2D eigenvalue weighted by molar-refractivity contribution is 5.92. The Labute approximate surface area is 134 Å². The SMILES string of the molecule is COc1ccc(/C=C/C(=O)NCc2cccc(F)c2)c(OC)c1. The summed E-state index contributed by atoms with van der Waals surface area (Å²) in [5, 5.41) is 2.70. The Balaban J connectivity index is 1.98. The van der Waals surface area contributed by atoms with Crippen molar-refractivity contribution in [2.75, 3.05) is 14.2 Å². The van der Waals surface area contributed by atoms with E-state index in [0.29, 0.717) is 17.1 Å². The highest BCUT2D eigenvalue weighted by atomic mass is 19.1. The average molecular weight is 315 g/mol. The first-order valence-corrected chi connectivity index (χ1v) is 7.05. The fraction of sp³-hybridized carbons (Fsp3) is 0.167. The van der Waals surface area contributed by atoms with Crippen LogP contribution < -0.4 is 14.8 Å². The Morgan fingerprint density at radius 2 is 2.00 bits per heavy atom. The summed E-state index contributed by atoms with van der Waals surface area (Å²) in [6.45, 7) is 0.265. The van der Waals surface area contributed by atoms with Crippen LogP contribution in [0, 0.1) is 5.82 Å². The molecule has 0 radical (unpaired) electrons. The number of methoxy groups -OCH3 is 2. The summed E-state index contributed by atoms with van der Waals surface area (Å²) in [6.07, 6.45) is 3.06. The van der Waals surface area contributed by atoms with Gasteiger partial charge in [-0.05, 0) is 35.9 Å². The summed E-state index contributed by atoms with van der Waals surface area (Å²) in [4.78, 5) is 11.8. The van der Waals surface area contributed by atoms with Gasteiger partial charge in [-0.25, -0.2) is 4.39 Å². The first-order chi connectivity index (χ1) is 11.1. The van der Waals surface area contributed by atoms with Crippen molar-refractivity contribution in [1.82, 2.24) is 5.32 Å². The lowest BCUT2D eigenvalue weighted by atomic mass is 10.1.